The van der Waals surface area contributed by atoms with Crippen molar-refractivity contribution in [3.8, 4) is 11.1 Å². The van der Waals surface area contributed by atoms with E-state index < -0.39 is 0 Å². The van der Waals surface area contributed by atoms with Crippen LogP contribution in [-0.2, 0) is 11.2 Å². The normalized spacial score (nSPS) is 20.5. The van der Waals surface area contributed by atoms with Crippen LogP contribution in [0.3, 0.4) is 0 Å². The topological polar surface area (TPSA) is 41.6 Å². The second-order valence-corrected chi connectivity index (χ2v) is 6.91. The number of benzene rings is 2. The van der Waals surface area contributed by atoms with Gasteiger partial charge in [0, 0.05) is 6.54 Å². The molecule has 0 saturated carbocycles. The Morgan fingerprint density at radius 1 is 0.960 bits per heavy atom. The smallest absolute Gasteiger partial charge is 0.407 e. The maximum atomic E-state index is 11.1. The molecular weight excluding hydrogens is 312 g/mol. The Morgan fingerprint density at radius 2 is 1.60 bits per heavy atom. The molecule has 2 aliphatic rings. The highest BCUT2D eigenvalue weighted by Gasteiger charge is 2.23. The summed E-state index contributed by atoms with van der Waals surface area (Å²) in [5.74, 6) is 0. The molecule has 2 aromatic rings. The van der Waals surface area contributed by atoms with E-state index in [1.807, 2.05) is 0 Å². The molecule has 1 unspecified atom stereocenters. The van der Waals surface area contributed by atoms with Gasteiger partial charge in [-0.3, -0.25) is 0 Å². The maximum Gasteiger partial charge on any atom is 0.407 e. The number of ether oxygens (including phenoxy) is 1. The third-order valence-electron chi connectivity index (χ3n) is 5.19. The van der Waals surface area contributed by atoms with Crippen LogP contribution in [0.15, 0.2) is 48.5 Å². The molecule has 1 amide bonds. The van der Waals surface area contributed by atoms with Gasteiger partial charge >= 0.3 is 6.09 Å². The monoisotopic (exact) mass is 336 g/mol. The first kappa shape index (κ1) is 16.2. The molecular formula is C21H24N2O2. The van der Waals surface area contributed by atoms with Gasteiger partial charge in [0.15, 0.2) is 0 Å². The predicted molar refractivity (Wildman–Crippen MR) is 98.5 cm³/mol. The predicted octanol–water partition coefficient (Wildman–Crippen LogP) is 3.77. The molecule has 130 valence electrons. The molecule has 4 nitrogen and oxygen atoms in total. The van der Waals surface area contributed by atoms with Gasteiger partial charge in [0.2, 0.25) is 0 Å². The minimum Gasteiger partial charge on any atom is -0.447 e. The summed E-state index contributed by atoms with van der Waals surface area (Å²) in [7, 11) is 0. The van der Waals surface area contributed by atoms with E-state index >= 15 is 0 Å². The van der Waals surface area contributed by atoms with Gasteiger partial charge in [0.05, 0.1) is 6.04 Å². The van der Waals surface area contributed by atoms with Gasteiger partial charge < -0.3 is 15.0 Å². The fraction of sp³-hybridized carbons (Fsp3) is 0.381. The minimum atomic E-state index is -0.335. The SMILES string of the molecule is O=C1NC(c2ccc(-c3ccc(CCN4CCCC4)cc3)cc2)CO1. The van der Waals surface area contributed by atoms with E-state index in [0.29, 0.717) is 6.61 Å². The summed E-state index contributed by atoms with van der Waals surface area (Å²) < 4.78 is 4.95. The first-order chi connectivity index (χ1) is 12.3. The lowest BCUT2D eigenvalue weighted by molar-refractivity contribution is 0.177. The number of hydrogen-bond acceptors (Lipinski definition) is 3. The number of cyclic esters (lactones) is 1. The van der Waals surface area contributed by atoms with Gasteiger partial charge in [-0.1, -0.05) is 48.5 Å². The van der Waals surface area contributed by atoms with Crippen molar-refractivity contribution in [2.75, 3.05) is 26.2 Å². The van der Waals surface area contributed by atoms with Crippen molar-refractivity contribution in [1.29, 1.82) is 0 Å². The van der Waals surface area contributed by atoms with Crippen LogP contribution < -0.4 is 5.32 Å². The van der Waals surface area contributed by atoms with Crippen LogP contribution in [0, 0.1) is 0 Å². The highest BCUT2D eigenvalue weighted by atomic mass is 16.6. The summed E-state index contributed by atoms with van der Waals surface area (Å²) in [6.45, 7) is 4.10. The van der Waals surface area contributed by atoms with Crippen molar-refractivity contribution >= 4 is 6.09 Å². The summed E-state index contributed by atoms with van der Waals surface area (Å²) in [5.41, 5.74) is 4.90. The fourth-order valence-corrected chi connectivity index (χ4v) is 3.63. The molecule has 25 heavy (non-hydrogen) atoms. The second kappa shape index (κ2) is 7.28. The molecule has 0 radical (unpaired) electrons. The largest absolute Gasteiger partial charge is 0.447 e. The van der Waals surface area contributed by atoms with Gasteiger partial charge in [-0.2, -0.15) is 0 Å². The molecule has 2 aromatic carbocycles. The van der Waals surface area contributed by atoms with E-state index in [2.05, 4.69) is 58.7 Å². The Labute approximate surface area is 148 Å². The maximum absolute atomic E-state index is 11.1. The summed E-state index contributed by atoms with van der Waals surface area (Å²) in [4.78, 5) is 13.7. The van der Waals surface area contributed by atoms with Crippen LogP contribution in [0.25, 0.3) is 11.1 Å². The summed E-state index contributed by atoms with van der Waals surface area (Å²) in [6, 6.07) is 17.2. The molecule has 0 aliphatic carbocycles. The molecule has 0 aromatic heterocycles. The summed E-state index contributed by atoms with van der Waals surface area (Å²) in [6.07, 6.45) is 3.50. The Balaban J connectivity index is 1.38. The second-order valence-electron chi connectivity index (χ2n) is 6.91. The number of nitrogens with one attached hydrogen (secondary N) is 1. The molecule has 4 heteroatoms. The third-order valence-corrected chi connectivity index (χ3v) is 5.19. The highest BCUT2D eigenvalue weighted by molar-refractivity contribution is 5.70. The van der Waals surface area contributed by atoms with Crippen molar-refractivity contribution in [3.63, 3.8) is 0 Å². The fourth-order valence-electron chi connectivity index (χ4n) is 3.63. The van der Waals surface area contributed by atoms with Crippen molar-refractivity contribution in [2.24, 2.45) is 0 Å². The zero-order chi connectivity index (χ0) is 17.1. The van der Waals surface area contributed by atoms with E-state index in [0.717, 1.165) is 12.0 Å². The van der Waals surface area contributed by atoms with E-state index in [4.69, 9.17) is 4.74 Å². The molecule has 1 atom stereocenters. The number of likely N-dealkylation sites (tertiary alicyclic amines) is 1. The van der Waals surface area contributed by atoms with Crippen LogP contribution in [0.2, 0.25) is 0 Å². The Morgan fingerprint density at radius 3 is 2.20 bits per heavy atom. The highest BCUT2D eigenvalue weighted by Crippen LogP contribution is 2.24. The van der Waals surface area contributed by atoms with Crippen molar-refractivity contribution < 1.29 is 9.53 Å². The zero-order valence-corrected chi connectivity index (χ0v) is 14.4. The van der Waals surface area contributed by atoms with E-state index in [1.165, 1.54) is 49.2 Å². The number of carbonyl (C=O) groups is 1. The minimum absolute atomic E-state index is 0.0329. The molecule has 2 fully saturated rings. The van der Waals surface area contributed by atoms with Crippen molar-refractivity contribution in [2.45, 2.75) is 25.3 Å². The van der Waals surface area contributed by atoms with Gasteiger partial charge in [0.1, 0.15) is 6.61 Å². The first-order valence-electron chi connectivity index (χ1n) is 9.13. The number of carbonyl (C=O) groups excluding carboxylic acids is 1. The number of amides is 1. The summed E-state index contributed by atoms with van der Waals surface area (Å²) >= 11 is 0. The van der Waals surface area contributed by atoms with E-state index in [9.17, 15) is 4.79 Å². The van der Waals surface area contributed by atoms with Gasteiger partial charge in [-0.15, -0.1) is 0 Å². The van der Waals surface area contributed by atoms with Gasteiger partial charge in [-0.25, -0.2) is 4.79 Å². The third kappa shape index (κ3) is 3.85. The van der Waals surface area contributed by atoms with Gasteiger partial charge in [0.25, 0.3) is 0 Å². The van der Waals surface area contributed by atoms with Crippen molar-refractivity contribution in [3.05, 3.63) is 59.7 Å². The Bertz CT molecular complexity index is 719. The number of rotatable bonds is 5. The number of hydrogen-bond donors (Lipinski definition) is 1. The molecule has 2 aliphatic heterocycles. The van der Waals surface area contributed by atoms with E-state index in [-0.39, 0.29) is 12.1 Å². The van der Waals surface area contributed by atoms with Crippen LogP contribution >= 0.6 is 0 Å². The van der Waals surface area contributed by atoms with Crippen LogP contribution in [0.4, 0.5) is 4.79 Å². The standard InChI is InChI=1S/C21H24N2O2/c24-21-22-20(15-25-21)19-9-7-18(8-10-19)17-5-3-16(4-6-17)11-14-23-12-1-2-13-23/h3-10,20H,1-2,11-15H2,(H,22,24). The molecule has 1 N–H and O–H groups in total. The average molecular weight is 336 g/mol. The lowest BCUT2D eigenvalue weighted by atomic mass is 10.00. The van der Waals surface area contributed by atoms with Crippen LogP contribution in [0.1, 0.15) is 30.0 Å². The Hall–Kier alpha value is -2.33. The molecule has 0 bridgehead atoms. The number of nitrogens with zero attached hydrogens (tertiary/aromatic N) is 1. The van der Waals surface area contributed by atoms with Crippen LogP contribution in [-0.4, -0.2) is 37.2 Å². The molecule has 2 heterocycles. The molecule has 4 rings (SSSR count). The zero-order valence-electron chi connectivity index (χ0n) is 14.4. The van der Waals surface area contributed by atoms with Crippen molar-refractivity contribution in [1.82, 2.24) is 10.2 Å². The lowest BCUT2D eigenvalue weighted by Crippen LogP contribution is -2.21. The molecule has 0 spiro atoms. The Kier molecular flexibility index (Phi) is 4.70. The average Bonchev–Trinajstić information content (AvgIpc) is 3.32. The first-order valence-corrected chi connectivity index (χ1v) is 9.13. The van der Waals surface area contributed by atoms with E-state index in [1.54, 1.807) is 0 Å². The lowest BCUT2D eigenvalue weighted by Gasteiger charge is -2.14. The van der Waals surface area contributed by atoms with Gasteiger partial charge in [-0.05, 0) is 54.6 Å². The quantitative estimate of drug-likeness (QED) is 0.903. The summed E-state index contributed by atoms with van der Waals surface area (Å²) in [5, 5.41) is 2.81. The molecule has 2 saturated heterocycles. The van der Waals surface area contributed by atoms with Crippen LogP contribution in [0.5, 0.6) is 0 Å². The number of alkyl carbamates (subject to hydrolysis) is 1.